The maximum atomic E-state index is 12.4. The van der Waals surface area contributed by atoms with Crippen LogP contribution in [-0.2, 0) is 24.9 Å². The minimum atomic E-state index is -0.429. The van der Waals surface area contributed by atoms with E-state index in [9.17, 15) is 14.4 Å². The first-order valence-corrected chi connectivity index (χ1v) is 10.1. The Labute approximate surface area is 178 Å². The van der Waals surface area contributed by atoms with Gasteiger partial charge in [0.15, 0.2) is 0 Å². The predicted octanol–water partition coefficient (Wildman–Crippen LogP) is 1.87. The second kappa shape index (κ2) is 8.10. The average molecular weight is 420 g/mol. The van der Waals surface area contributed by atoms with Crippen molar-refractivity contribution in [1.29, 1.82) is 0 Å². The molecule has 0 unspecified atom stereocenters. The van der Waals surface area contributed by atoms with Gasteiger partial charge in [-0.2, -0.15) is 0 Å². The van der Waals surface area contributed by atoms with Gasteiger partial charge in [-0.15, -0.1) is 0 Å². The smallest absolute Gasteiger partial charge is 0.328 e. The van der Waals surface area contributed by atoms with Crippen LogP contribution in [0.5, 0.6) is 0 Å². The summed E-state index contributed by atoms with van der Waals surface area (Å²) in [5, 5.41) is 0. The molecule has 0 spiro atoms. The molecular formula is C22H24N6O3. The van der Waals surface area contributed by atoms with Crippen molar-refractivity contribution in [3.63, 3.8) is 0 Å². The number of carbonyl (C=O) groups is 2. The van der Waals surface area contributed by atoms with E-state index in [1.807, 2.05) is 44.2 Å². The molecule has 2 aromatic heterocycles. The van der Waals surface area contributed by atoms with E-state index in [1.165, 1.54) is 0 Å². The number of para-hydroxylation sites is 2. The van der Waals surface area contributed by atoms with Gasteiger partial charge in [-0.1, -0.05) is 12.1 Å². The summed E-state index contributed by atoms with van der Waals surface area (Å²) in [6, 6.07) is 12.7. The lowest BCUT2D eigenvalue weighted by Gasteiger charge is -2.08. The van der Waals surface area contributed by atoms with E-state index < -0.39 is 5.91 Å². The van der Waals surface area contributed by atoms with E-state index in [2.05, 4.69) is 20.4 Å². The molecule has 0 aliphatic rings. The summed E-state index contributed by atoms with van der Waals surface area (Å²) < 4.78 is 5.16. The van der Waals surface area contributed by atoms with Gasteiger partial charge in [0, 0.05) is 32.1 Å². The molecule has 0 saturated heterocycles. The summed E-state index contributed by atoms with van der Waals surface area (Å²) in [6.45, 7) is 4.96. The molecule has 2 amide bonds. The number of benzene rings is 2. The first kappa shape index (κ1) is 20.4. The van der Waals surface area contributed by atoms with Crippen molar-refractivity contribution in [2.24, 2.45) is 7.05 Å². The van der Waals surface area contributed by atoms with Crippen LogP contribution in [-0.4, -0.2) is 30.5 Å². The van der Waals surface area contributed by atoms with E-state index in [-0.39, 0.29) is 24.6 Å². The molecule has 9 nitrogen and oxygen atoms in total. The third kappa shape index (κ3) is 3.70. The van der Waals surface area contributed by atoms with Crippen LogP contribution in [0.4, 0.5) is 0 Å². The fourth-order valence-electron chi connectivity index (χ4n) is 3.84. The van der Waals surface area contributed by atoms with Crippen molar-refractivity contribution in [1.82, 2.24) is 29.5 Å². The average Bonchev–Trinajstić information content (AvgIpc) is 3.22. The molecule has 2 aromatic carbocycles. The summed E-state index contributed by atoms with van der Waals surface area (Å²) in [5.41, 5.74) is 8.31. The number of hydrazine groups is 1. The molecule has 4 rings (SSSR count). The van der Waals surface area contributed by atoms with Crippen LogP contribution in [0.1, 0.15) is 29.5 Å². The van der Waals surface area contributed by atoms with E-state index in [0.717, 1.165) is 34.4 Å². The fraction of sp³-hybridized carbons (Fsp3) is 0.273. The third-order valence-electron chi connectivity index (χ3n) is 5.45. The number of nitrogens with one attached hydrogen (secondary N) is 2. The van der Waals surface area contributed by atoms with Crippen molar-refractivity contribution in [3.8, 4) is 0 Å². The first-order valence-electron chi connectivity index (χ1n) is 10.1. The van der Waals surface area contributed by atoms with Crippen LogP contribution < -0.4 is 16.5 Å². The van der Waals surface area contributed by atoms with Gasteiger partial charge >= 0.3 is 5.69 Å². The van der Waals surface area contributed by atoms with Crippen LogP contribution in [0, 0.1) is 6.92 Å². The number of hydrogen-bond donors (Lipinski definition) is 2. The largest absolute Gasteiger partial charge is 0.329 e. The normalized spacial score (nSPS) is 11.2. The number of imidazole rings is 2. The minimum absolute atomic E-state index is 0.0489. The number of fused-ring (bicyclic) bond motifs is 2. The Balaban J connectivity index is 1.39. The number of nitrogens with zero attached hydrogens (tertiary/aromatic N) is 4. The standard InChI is InChI=1S/C22H24N6O3/c1-4-27-14(2)23-16-13-15(9-10-17(16)27)21(30)25-24-20(29)11-12-28-19-8-6-5-7-18(19)26(3)22(28)31/h5-10,13H,4,11-12H2,1-3H3,(H,24,29)(H,25,30). The Morgan fingerprint density at radius 3 is 2.48 bits per heavy atom. The van der Waals surface area contributed by atoms with Gasteiger partial charge in [-0.3, -0.25) is 29.6 Å². The van der Waals surface area contributed by atoms with Gasteiger partial charge in [0.05, 0.1) is 22.1 Å². The minimum Gasteiger partial charge on any atom is -0.329 e. The van der Waals surface area contributed by atoms with Crippen LogP contribution >= 0.6 is 0 Å². The van der Waals surface area contributed by atoms with Gasteiger partial charge in [0.1, 0.15) is 5.82 Å². The highest BCUT2D eigenvalue weighted by atomic mass is 16.2. The Hall–Kier alpha value is -3.88. The molecule has 31 heavy (non-hydrogen) atoms. The molecule has 0 atom stereocenters. The zero-order valence-electron chi connectivity index (χ0n) is 17.7. The molecule has 2 N–H and O–H groups in total. The topological polar surface area (TPSA) is 103 Å². The van der Waals surface area contributed by atoms with Gasteiger partial charge in [0.25, 0.3) is 5.91 Å². The van der Waals surface area contributed by atoms with E-state index in [4.69, 9.17) is 0 Å². The second-order valence-corrected chi connectivity index (χ2v) is 7.34. The number of hydrogen-bond acceptors (Lipinski definition) is 4. The zero-order chi connectivity index (χ0) is 22.1. The summed E-state index contributed by atoms with van der Waals surface area (Å²) in [7, 11) is 1.70. The van der Waals surface area contributed by atoms with E-state index >= 15 is 0 Å². The predicted molar refractivity (Wildman–Crippen MR) is 118 cm³/mol. The van der Waals surface area contributed by atoms with Crippen molar-refractivity contribution in [2.45, 2.75) is 33.4 Å². The number of rotatable bonds is 5. The molecule has 0 saturated carbocycles. The summed E-state index contributed by atoms with van der Waals surface area (Å²) in [6.07, 6.45) is 0.0489. The van der Waals surface area contributed by atoms with Gasteiger partial charge in [-0.05, 0) is 44.2 Å². The fourth-order valence-corrected chi connectivity index (χ4v) is 3.84. The molecule has 0 radical (unpaired) electrons. The number of carbonyl (C=O) groups excluding carboxylic acids is 2. The number of aromatic nitrogens is 4. The highest BCUT2D eigenvalue weighted by molar-refractivity contribution is 5.98. The molecule has 0 fully saturated rings. The molecule has 9 heteroatoms. The zero-order valence-corrected chi connectivity index (χ0v) is 17.7. The van der Waals surface area contributed by atoms with Crippen molar-refractivity contribution in [2.75, 3.05) is 0 Å². The number of aryl methyl sites for hydroxylation is 4. The van der Waals surface area contributed by atoms with Gasteiger partial charge in [-0.25, -0.2) is 9.78 Å². The Morgan fingerprint density at radius 1 is 1.00 bits per heavy atom. The Bertz CT molecular complexity index is 1360. The van der Waals surface area contributed by atoms with Crippen molar-refractivity contribution >= 4 is 33.9 Å². The first-order chi connectivity index (χ1) is 14.9. The molecule has 160 valence electrons. The van der Waals surface area contributed by atoms with Crippen molar-refractivity contribution < 1.29 is 9.59 Å². The monoisotopic (exact) mass is 420 g/mol. The summed E-state index contributed by atoms with van der Waals surface area (Å²) in [5.74, 6) is 0.0636. The maximum Gasteiger partial charge on any atom is 0.328 e. The third-order valence-corrected chi connectivity index (χ3v) is 5.45. The van der Waals surface area contributed by atoms with Gasteiger partial charge < -0.3 is 4.57 Å². The lowest BCUT2D eigenvalue weighted by Crippen LogP contribution is -2.42. The highest BCUT2D eigenvalue weighted by Crippen LogP contribution is 2.17. The molecule has 0 aliphatic carbocycles. The maximum absolute atomic E-state index is 12.4. The van der Waals surface area contributed by atoms with Crippen LogP contribution in [0.3, 0.4) is 0 Å². The van der Waals surface area contributed by atoms with Crippen LogP contribution in [0.15, 0.2) is 47.3 Å². The van der Waals surface area contributed by atoms with Crippen molar-refractivity contribution in [3.05, 3.63) is 64.3 Å². The van der Waals surface area contributed by atoms with E-state index in [0.29, 0.717) is 5.56 Å². The number of amides is 2. The second-order valence-electron chi connectivity index (χ2n) is 7.34. The summed E-state index contributed by atoms with van der Waals surface area (Å²) >= 11 is 0. The van der Waals surface area contributed by atoms with Crippen LogP contribution in [0.2, 0.25) is 0 Å². The molecular weight excluding hydrogens is 396 g/mol. The van der Waals surface area contributed by atoms with Gasteiger partial charge in [0.2, 0.25) is 5.91 Å². The van der Waals surface area contributed by atoms with E-state index in [1.54, 1.807) is 28.3 Å². The SMILES string of the molecule is CCn1c(C)nc2cc(C(=O)NNC(=O)CCn3c(=O)n(C)c4ccccc43)ccc21. The molecule has 0 aliphatic heterocycles. The lowest BCUT2D eigenvalue weighted by molar-refractivity contribution is -0.122. The highest BCUT2D eigenvalue weighted by Gasteiger charge is 2.14. The molecule has 0 bridgehead atoms. The Kier molecular flexibility index (Phi) is 5.33. The van der Waals surface area contributed by atoms with Crippen LogP contribution in [0.25, 0.3) is 22.1 Å². The lowest BCUT2D eigenvalue weighted by atomic mass is 10.2. The Morgan fingerprint density at radius 2 is 1.74 bits per heavy atom. The quantitative estimate of drug-likeness (QED) is 0.481. The summed E-state index contributed by atoms with van der Waals surface area (Å²) in [4.78, 5) is 41.6. The molecule has 4 aromatic rings. The molecule has 2 heterocycles.